The van der Waals surface area contributed by atoms with E-state index in [0.29, 0.717) is 5.56 Å². The molecule has 1 aromatic carbocycles. The molecule has 3 heteroatoms. The van der Waals surface area contributed by atoms with Gasteiger partial charge in [-0.2, -0.15) is 0 Å². The Labute approximate surface area is 109 Å². The van der Waals surface area contributed by atoms with Crippen molar-refractivity contribution in [3.05, 3.63) is 35.4 Å². The van der Waals surface area contributed by atoms with Gasteiger partial charge in [-0.3, -0.25) is 0 Å². The van der Waals surface area contributed by atoms with Crippen LogP contribution in [0.3, 0.4) is 0 Å². The van der Waals surface area contributed by atoms with Crippen LogP contribution in [0.25, 0.3) is 0 Å². The number of hydrogen-bond donors (Lipinski definition) is 1. The van der Waals surface area contributed by atoms with Crippen molar-refractivity contribution in [2.75, 3.05) is 0 Å². The maximum absolute atomic E-state index is 11.9. The minimum absolute atomic E-state index is 0.0163. The zero-order chi connectivity index (χ0) is 13.8. The Bertz CT molecular complexity index is 407. The van der Waals surface area contributed by atoms with Crippen molar-refractivity contribution in [1.82, 2.24) is 0 Å². The molecule has 0 amide bonds. The van der Waals surface area contributed by atoms with Gasteiger partial charge in [0.05, 0.1) is 5.56 Å². The van der Waals surface area contributed by atoms with Crippen LogP contribution in [0.4, 0.5) is 0 Å². The summed E-state index contributed by atoms with van der Waals surface area (Å²) in [6.45, 7) is 7.67. The van der Waals surface area contributed by atoms with Gasteiger partial charge in [0, 0.05) is 6.04 Å². The lowest BCUT2D eigenvalue weighted by atomic mass is 10.0. The van der Waals surface area contributed by atoms with E-state index in [1.165, 1.54) is 0 Å². The van der Waals surface area contributed by atoms with E-state index >= 15 is 0 Å². The number of carbonyl (C=O) groups excluding carboxylic acids is 1. The molecule has 0 heterocycles. The van der Waals surface area contributed by atoms with Crippen molar-refractivity contribution in [3.8, 4) is 0 Å². The first kappa shape index (κ1) is 14.7. The number of ether oxygens (including phenoxy) is 1. The van der Waals surface area contributed by atoms with E-state index in [9.17, 15) is 4.79 Å². The quantitative estimate of drug-likeness (QED) is 0.832. The molecule has 1 aromatic rings. The first-order valence-electron chi connectivity index (χ1n) is 6.42. The number of nitrogens with two attached hydrogens (primary N) is 1. The van der Waals surface area contributed by atoms with Crippen molar-refractivity contribution >= 4 is 5.97 Å². The molecule has 100 valence electrons. The molecule has 0 fully saturated rings. The third kappa shape index (κ3) is 4.49. The first-order chi connectivity index (χ1) is 8.33. The predicted octanol–water partition coefficient (Wildman–Crippen LogP) is 3.44. The van der Waals surface area contributed by atoms with E-state index in [2.05, 4.69) is 6.92 Å². The molecule has 1 unspecified atom stereocenters. The minimum atomic E-state index is -0.474. The molecule has 1 atom stereocenters. The van der Waals surface area contributed by atoms with Crippen LogP contribution in [0.2, 0.25) is 0 Å². The zero-order valence-electron chi connectivity index (χ0n) is 11.7. The molecule has 0 saturated carbocycles. The van der Waals surface area contributed by atoms with Crippen molar-refractivity contribution < 1.29 is 9.53 Å². The Morgan fingerprint density at radius 2 is 2.06 bits per heavy atom. The lowest BCUT2D eigenvalue weighted by Crippen LogP contribution is -2.24. The smallest absolute Gasteiger partial charge is 0.338 e. The van der Waals surface area contributed by atoms with Crippen LogP contribution < -0.4 is 5.73 Å². The predicted molar refractivity (Wildman–Crippen MR) is 73.4 cm³/mol. The van der Waals surface area contributed by atoms with Crippen LogP contribution in [-0.4, -0.2) is 11.6 Å². The molecule has 0 radical (unpaired) electrons. The normalized spacial score (nSPS) is 13.2. The molecule has 2 N–H and O–H groups in total. The lowest BCUT2D eigenvalue weighted by Gasteiger charge is -2.20. The SMILES string of the molecule is CCCC(N)c1cccc(C(=O)OC(C)(C)C)c1. The van der Waals surface area contributed by atoms with Gasteiger partial charge >= 0.3 is 5.97 Å². The van der Waals surface area contributed by atoms with Crippen LogP contribution in [0.1, 0.15) is 62.5 Å². The Morgan fingerprint density at radius 3 is 2.61 bits per heavy atom. The van der Waals surface area contributed by atoms with Gasteiger partial charge < -0.3 is 10.5 Å². The van der Waals surface area contributed by atoms with Crippen molar-refractivity contribution in [1.29, 1.82) is 0 Å². The average Bonchev–Trinajstić information content (AvgIpc) is 2.27. The standard InChI is InChI=1S/C15H23NO2/c1-5-7-13(16)11-8-6-9-12(10-11)14(17)18-15(2,3)4/h6,8-10,13H,5,7,16H2,1-4H3. The molecule has 0 aliphatic rings. The van der Waals surface area contributed by atoms with Crippen molar-refractivity contribution in [2.24, 2.45) is 5.73 Å². The average molecular weight is 249 g/mol. The number of carbonyl (C=O) groups is 1. The molecule has 0 aliphatic heterocycles. The van der Waals surface area contributed by atoms with Gasteiger partial charge in [0.2, 0.25) is 0 Å². The summed E-state index contributed by atoms with van der Waals surface area (Å²) in [6, 6.07) is 7.38. The fourth-order valence-corrected chi connectivity index (χ4v) is 1.71. The second-order valence-corrected chi connectivity index (χ2v) is 5.52. The molecule has 0 aliphatic carbocycles. The van der Waals surface area contributed by atoms with E-state index in [-0.39, 0.29) is 12.0 Å². The van der Waals surface area contributed by atoms with Gasteiger partial charge in [0.25, 0.3) is 0 Å². The van der Waals surface area contributed by atoms with Crippen LogP contribution >= 0.6 is 0 Å². The van der Waals surface area contributed by atoms with Crippen LogP contribution in [0, 0.1) is 0 Å². The van der Waals surface area contributed by atoms with Gasteiger partial charge in [0.1, 0.15) is 5.60 Å². The molecule has 1 rings (SSSR count). The van der Waals surface area contributed by atoms with Gasteiger partial charge in [-0.05, 0) is 44.9 Å². The van der Waals surface area contributed by atoms with Gasteiger partial charge in [0.15, 0.2) is 0 Å². The summed E-state index contributed by atoms with van der Waals surface area (Å²) in [7, 11) is 0. The maximum Gasteiger partial charge on any atom is 0.338 e. The fraction of sp³-hybridized carbons (Fsp3) is 0.533. The molecule has 0 aromatic heterocycles. The largest absolute Gasteiger partial charge is 0.456 e. The van der Waals surface area contributed by atoms with E-state index in [4.69, 9.17) is 10.5 Å². The monoisotopic (exact) mass is 249 g/mol. The highest BCUT2D eigenvalue weighted by Crippen LogP contribution is 2.19. The Morgan fingerprint density at radius 1 is 1.39 bits per heavy atom. The Balaban J connectivity index is 2.85. The van der Waals surface area contributed by atoms with E-state index in [1.54, 1.807) is 6.07 Å². The molecule has 3 nitrogen and oxygen atoms in total. The number of hydrogen-bond acceptors (Lipinski definition) is 3. The molecular formula is C15H23NO2. The summed E-state index contributed by atoms with van der Waals surface area (Å²) < 4.78 is 5.34. The zero-order valence-corrected chi connectivity index (χ0v) is 11.7. The maximum atomic E-state index is 11.9. The van der Waals surface area contributed by atoms with E-state index in [1.807, 2.05) is 39.0 Å². The second-order valence-electron chi connectivity index (χ2n) is 5.52. The summed E-state index contributed by atoms with van der Waals surface area (Å²) in [4.78, 5) is 11.9. The first-order valence-corrected chi connectivity index (χ1v) is 6.42. The van der Waals surface area contributed by atoms with Crippen LogP contribution in [0.15, 0.2) is 24.3 Å². The van der Waals surface area contributed by atoms with Crippen molar-refractivity contribution in [3.63, 3.8) is 0 Å². The summed E-state index contributed by atoms with van der Waals surface area (Å²) in [5.41, 5.74) is 7.13. The molecule has 18 heavy (non-hydrogen) atoms. The van der Waals surface area contributed by atoms with Crippen LogP contribution in [-0.2, 0) is 4.74 Å². The highest BCUT2D eigenvalue weighted by molar-refractivity contribution is 5.89. The summed E-state index contributed by atoms with van der Waals surface area (Å²) in [5, 5.41) is 0. The summed E-state index contributed by atoms with van der Waals surface area (Å²) in [6.07, 6.45) is 1.94. The summed E-state index contributed by atoms with van der Waals surface area (Å²) in [5.74, 6) is -0.298. The minimum Gasteiger partial charge on any atom is -0.456 e. The highest BCUT2D eigenvalue weighted by Gasteiger charge is 2.18. The fourth-order valence-electron chi connectivity index (χ4n) is 1.71. The Kier molecular flexibility index (Phi) is 4.91. The van der Waals surface area contributed by atoms with E-state index in [0.717, 1.165) is 18.4 Å². The molecule has 0 spiro atoms. The number of esters is 1. The molecule has 0 bridgehead atoms. The number of benzene rings is 1. The van der Waals surface area contributed by atoms with Crippen molar-refractivity contribution in [2.45, 2.75) is 52.2 Å². The molecule has 0 saturated heterocycles. The van der Waals surface area contributed by atoms with Gasteiger partial charge in [-0.15, -0.1) is 0 Å². The van der Waals surface area contributed by atoms with E-state index < -0.39 is 5.60 Å². The third-order valence-electron chi connectivity index (χ3n) is 2.55. The lowest BCUT2D eigenvalue weighted by molar-refractivity contribution is 0.00694. The third-order valence-corrected chi connectivity index (χ3v) is 2.55. The Hall–Kier alpha value is -1.35. The topological polar surface area (TPSA) is 52.3 Å². The second kappa shape index (κ2) is 6.01. The highest BCUT2D eigenvalue weighted by atomic mass is 16.6. The molecular weight excluding hydrogens is 226 g/mol. The summed E-state index contributed by atoms with van der Waals surface area (Å²) >= 11 is 0. The van der Waals surface area contributed by atoms with Crippen LogP contribution in [0.5, 0.6) is 0 Å². The number of rotatable bonds is 4. The van der Waals surface area contributed by atoms with Gasteiger partial charge in [-0.25, -0.2) is 4.79 Å². The van der Waals surface area contributed by atoms with Gasteiger partial charge in [-0.1, -0.05) is 25.5 Å².